The molecule has 1 aliphatic heterocycles. The zero-order valence-electron chi connectivity index (χ0n) is 15.4. The first kappa shape index (κ1) is 20.6. The van der Waals surface area contributed by atoms with Gasteiger partial charge in [0.2, 0.25) is 5.91 Å². The third-order valence-electron chi connectivity index (χ3n) is 4.66. The molecule has 27 heavy (non-hydrogen) atoms. The number of amides is 2. The summed E-state index contributed by atoms with van der Waals surface area (Å²) in [5.41, 5.74) is 2.46. The molecule has 0 fully saturated rings. The smallest absolute Gasteiger partial charge is 0.272 e. The van der Waals surface area contributed by atoms with Crippen molar-refractivity contribution in [2.45, 2.75) is 26.2 Å². The molecule has 1 N–H and O–H groups in total. The lowest BCUT2D eigenvalue weighted by atomic mass is 9.96. The van der Waals surface area contributed by atoms with Crippen LogP contribution in [0.1, 0.15) is 31.7 Å². The van der Waals surface area contributed by atoms with E-state index in [4.69, 9.17) is 5.41 Å². The van der Waals surface area contributed by atoms with E-state index < -0.39 is 0 Å². The minimum absolute atomic E-state index is 0. The molecular formula is C20H23ClN4O2. The normalized spacial score (nSPS) is 14.0. The van der Waals surface area contributed by atoms with Gasteiger partial charge in [0.15, 0.2) is 0 Å². The molecule has 7 heteroatoms. The number of hydrogen-bond acceptors (Lipinski definition) is 4. The van der Waals surface area contributed by atoms with Crippen molar-refractivity contribution < 1.29 is 9.59 Å². The topological polar surface area (TPSA) is 77.4 Å². The number of carbonyl (C=O) groups excluding carboxylic acids is 2. The number of rotatable bonds is 4. The van der Waals surface area contributed by atoms with Crippen molar-refractivity contribution in [3.8, 4) is 0 Å². The van der Waals surface area contributed by atoms with Crippen LogP contribution in [0.2, 0.25) is 0 Å². The minimum Gasteiger partial charge on any atom is -0.309 e. The molecule has 0 bridgehead atoms. The van der Waals surface area contributed by atoms with Crippen molar-refractivity contribution in [2.75, 3.05) is 22.9 Å². The fourth-order valence-corrected chi connectivity index (χ4v) is 3.24. The largest absolute Gasteiger partial charge is 0.309 e. The summed E-state index contributed by atoms with van der Waals surface area (Å²) < 4.78 is 0. The van der Waals surface area contributed by atoms with Gasteiger partial charge in [-0.2, -0.15) is 0 Å². The predicted octanol–water partition coefficient (Wildman–Crippen LogP) is 3.42. The lowest BCUT2D eigenvalue weighted by molar-refractivity contribution is -0.117. The summed E-state index contributed by atoms with van der Waals surface area (Å²) in [5, 5.41) is 8.29. The molecule has 1 aromatic carbocycles. The van der Waals surface area contributed by atoms with Gasteiger partial charge in [0.25, 0.3) is 5.91 Å². The van der Waals surface area contributed by atoms with E-state index in [9.17, 15) is 9.59 Å². The third-order valence-corrected chi connectivity index (χ3v) is 4.66. The van der Waals surface area contributed by atoms with Gasteiger partial charge in [0.1, 0.15) is 0 Å². The number of nitrogens with zero attached hydrogens (tertiary/aromatic N) is 3. The van der Waals surface area contributed by atoms with E-state index in [0.29, 0.717) is 30.9 Å². The number of para-hydroxylation sites is 2. The molecular weight excluding hydrogens is 364 g/mol. The van der Waals surface area contributed by atoms with Crippen molar-refractivity contribution in [3.05, 3.63) is 54.4 Å². The Morgan fingerprint density at radius 2 is 1.74 bits per heavy atom. The van der Waals surface area contributed by atoms with Crippen molar-refractivity contribution in [1.29, 1.82) is 5.41 Å². The Balaban J connectivity index is 0.00000261. The molecule has 1 atom stereocenters. The molecule has 3 rings (SSSR count). The second-order valence-corrected chi connectivity index (χ2v) is 6.49. The average Bonchev–Trinajstić information content (AvgIpc) is 2.67. The van der Waals surface area contributed by atoms with Crippen LogP contribution in [0.3, 0.4) is 0 Å². The molecule has 0 aliphatic carbocycles. The zero-order chi connectivity index (χ0) is 18.7. The van der Waals surface area contributed by atoms with Gasteiger partial charge in [-0.15, -0.1) is 12.4 Å². The van der Waals surface area contributed by atoms with Crippen LogP contribution in [0.5, 0.6) is 0 Å². The highest BCUT2D eigenvalue weighted by Gasteiger charge is 2.30. The molecule has 1 aromatic heterocycles. The van der Waals surface area contributed by atoms with E-state index >= 15 is 0 Å². The molecule has 0 saturated carbocycles. The van der Waals surface area contributed by atoms with E-state index in [1.54, 1.807) is 22.2 Å². The van der Waals surface area contributed by atoms with Gasteiger partial charge >= 0.3 is 0 Å². The van der Waals surface area contributed by atoms with Gasteiger partial charge in [-0.3, -0.25) is 20.0 Å². The monoisotopic (exact) mass is 386 g/mol. The van der Waals surface area contributed by atoms with Crippen LogP contribution >= 0.6 is 12.4 Å². The van der Waals surface area contributed by atoms with Crippen LogP contribution in [-0.4, -0.2) is 35.6 Å². The van der Waals surface area contributed by atoms with Gasteiger partial charge in [-0.25, -0.2) is 0 Å². The molecule has 0 spiro atoms. The lowest BCUT2D eigenvalue weighted by Crippen LogP contribution is -2.47. The number of pyridine rings is 1. The standard InChI is InChI=1S/C20H22N4O2.ClH/c1-14(16-6-5-9-22-13-16)12-17(21)20(26)24-11-10-23(15(2)25)18-7-3-4-8-19(18)24;/h3-9,13-14,21H,10-12H2,1-2H3;1H. The van der Waals surface area contributed by atoms with Crippen LogP contribution in [0.4, 0.5) is 11.4 Å². The van der Waals surface area contributed by atoms with Gasteiger partial charge in [-0.05, 0) is 29.7 Å². The predicted molar refractivity (Wildman–Crippen MR) is 109 cm³/mol. The Kier molecular flexibility index (Phi) is 6.69. The molecule has 2 amide bonds. The number of aromatic nitrogens is 1. The van der Waals surface area contributed by atoms with Crippen LogP contribution in [0, 0.1) is 5.41 Å². The molecule has 1 aliphatic rings. The molecule has 2 heterocycles. The molecule has 0 radical (unpaired) electrons. The number of fused-ring (bicyclic) bond motifs is 1. The van der Waals surface area contributed by atoms with Crippen molar-refractivity contribution in [3.63, 3.8) is 0 Å². The van der Waals surface area contributed by atoms with Crippen LogP contribution in [0.25, 0.3) is 0 Å². The molecule has 142 valence electrons. The Labute approximate surface area is 165 Å². The van der Waals surface area contributed by atoms with Gasteiger partial charge < -0.3 is 9.80 Å². The number of nitrogens with one attached hydrogen (secondary N) is 1. The van der Waals surface area contributed by atoms with E-state index in [1.807, 2.05) is 43.3 Å². The summed E-state index contributed by atoms with van der Waals surface area (Å²) in [6, 6.07) is 11.1. The van der Waals surface area contributed by atoms with E-state index in [1.165, 1.54) is 6.92 Å². The van der Waals surface area contributed by atoms with Gasteiger partial charge in [0, 0.05) is 38.8 Å². The summed E-state index contributed by atoms with van der Waals surface area (Å²) in [7, 11) is 0. The van der Waals surface area contributed by atoms with E-state index in [2.05, 4.69) is 4.98 Å². The Bertz CT molecular complexity index is 841. The highest BCUT2D eigenvalue weighted by atomic mass is 35.5. The zero-order valence-corrected chi connectivity index (χ0v) is 16.2. The quantitative estimate of drug-likeness (QED) is 0.818. The number of benzene rings is 1. The number of carbonyl (C=O) groups is 2. The maximum atomic E-state index is 12.9. The highest BCUT2D eigenvalue weighted by molar-refractivity contribution is 6.43. The van der Waals surface area contributed by atoms with E-state index in [0.717, 1.165) is 5.56 Å². The highest BCUT2D eigenvalue weighted by Crippen LogP contribution is 2.33. The second-order valence-electron chi connectivity index (χ2n) is 6.49. The average molecular weight is 387 g/mol. The van der Waals surface area contributed by atoms with E-state index in [-0.39, 0.29) is 35.9 Å². The summed E-state index contributed by atoms with van der Waals surface area (Å²) in [6.45, 7) is 4.33. The number of halogens is 1. The first-order valence-corrected chi connectivity index (χ1v) is 8.65. The van der Waals surface area contributed by atoms with Gasteiger partial charge in [-0.1, -0.05) is 25.1 Å². The first-order chi connectivity index (χ1) is 12.5. The number of anilines is 2. The third kappa shape index (κ3) is 4.34. The molecule has 0 saturated heterocycles. The fourth-order valence-electron chi connectivity index (χ4n) is 3.24. The maximum Gasteiger partial charge on any atom is 0.272 e. The SMILES string of the molecule is CC(=O)N1CCN(C(=O)C(=N)CC(C)c2cccnc2)c2ccccc21.Cl. The summed E-state index contributed by atoms with van der Waals surface area (Å²) in [6.07, 6.45) is 3.82. The van der Waals surface area contributed by atoms with Crippen LogP contribution < -0.4 is 9.80 Å². The molecule has 1 unspecified atom stereocenters. The summed E-state index contributed by atoms with van der Waals surface area (Å²) in [4.78, 5) is 32.1. The van der Waals surface area contributed by atoms with Gasteiger partial charge in [0.05, 0.1) is 17.1 Å². The molecule has 6 nitrogen and oxygen atoms in total. The van der Waals surface area contributed by atoms with Crippen molar-refractivity contribution >= 4 is 41.3 Å². The second kappa shape index (κ2) is 8.77. The minimum atomic E-state index is -0.309. The number of hydrogen-bond donors (Lipinski definition) is 1. The summed E-state index contributed by atoms with van der Waals surface area (Å²) in [5.74, 6) is -0.324. The van der Waals surface area contributed by atoms with Crippen LogP contribution in [0.15, 0.2) is 48.8 Å². The molecule has 2 aromatic rings. The first-order valence-electron chi connectivity index (χ1n) is 8.65. The van der Waals surface area contributed by atoms with Crippen LogP contribution in [-0.2, 0) is 9.59 Å². The van der Waals surface area contributed by atoms with Crippen molar-refractivity contribution in [1.82, 2.24) is 4.98 Å². The maximum absolute atomic E-state index is 12.9. The summed E-state index contributed by atoms with van der Waals surface area (Å²) >= 11 is 0. The fraction of sp³-hybridized carbons (Fsp3) is 0.300. The van der Waals surface area contributed by atoms with Crippen molar-refractivity contribution in [2.24, 2.45) is 0 Å². The Morgan fingerprint density at radius 3 is 2.33 bits per heavy atom. The Morgan fingerprint density at radius 1 is 1.11 bits per heavy atom. The Hall–Kier alpha value is -2.73. The lowest BCUT2D eigenvalue weighted by Gasteiger charge is -2.36.